The normalized spacial score (nSPS) is 12.9. The first-order chi connectivity index (χ1) is 7.07. The molecule has 1 atom stereocenters. The predicted molar refractivity (Wildman–Crippen MR) is 61.1 cm³/mol. The summed E-state index contributed by atoms with van der Waals surface area (Å²) in [6.07, 6.45) is -0.342. The molecular formula is C13H18O2. The van der Waals surface area contributed by atoms with E-state index in [1.165, 1.54) is 0 Å². The molecule has 1 aromatic rings. The average molecular weight is 206 g/mol. The summed E-state index contributed by atoms with van der Waals surface area (Å²) < 4.78 is 5.23. The molecule has 0 spiro atoms. The Morgan fingerprint density at radius 2 is 1.87 bits per heavy atom. The van der Waals surface area contributed by atoms with E-state index < -0.39 is 0 Å². The maximum Gasteiger partial charge on any atom is 0.192 e. The van der Waals surface area contributed by atoms with Crippen molar-refractivity contribution in [2.75, 3.05) is 7.11 Å². The summed E-state index contributed by atoms with van der Waals surface area (Å²) in [5.74, 6) is 0.271. The van der Waals surface area contributed by atoms with Crippen LogP contribution in [0.4, 0.5) is 0 Å². The molecule has 0 fully saturated rings. The molecule has 0 aliphatic heterocycles. The number of ether oxygens (including phenoxy) is 1. The van der Waals surface area contributed by atoms with Gasteiger partial charge in [-0.05, 0) is 18.4 Å². The Morgan fingerprint density at radius 1 is 1.27 bits per heavy atom. The highest BCUT2D eigenvalue weighted by atomic mass is 16.5. The van der Waals surface area contributed by atoms with E-state index in [0.29, 0.717) is 0 Å². The fourth-order valence-corrected chi connectivity index (χ4v) is 1.68. The monoisotopic (exact) mass is 206 g/mol. The van der Waals surface area contributed by atoms with Gasteiger partial charge in [0.1, 0.15) is 6.10 Å². The topological polar surface area (TPSA) is 26.3 Å². The van der Waals surface area contributed by atoms with E-state index >= 15 is 0 Å². The molecule has 82 valence electrons. The van der Waals surface area contributed by atoms with Gasteiger partial charge in [-0.25, -0.2) is 0 Å². The number of aryl methyl sites for hydroxylation is 1. The minimum absolute atomic E-state index is 0.0746. The lowest BCUT2D eigenvalue weighted by atomic mass is 9.95. The lowest BCUT2D eigenvalue weighted by Gasteiger charge is -2.18. The number of benzene rings is 1. The lowest BCUT2D eigenvalue weighted by molar-refractivity contribution is 0.0458. The number of Topliss-reactive ketones (excluding diaryl/α,β-unsaturated/α-hetero) is 1. The van der Waals surface area contributed by atoms with E-state index in [1.54, 1.807) is 7.11 Å². The van der Waals surface area contributed by atoms with Gasteiger partial charge in [-0.3, -0.25) is 4.79 Å². The third kappa shape index (κ3) is 2.66. The zero-order valence-corrected chi connectivity index (χ0v) is 9.78. The molecule has 0 aliphatic carbocycles. The SMILES string of the molecule is COC(C(=O)c1ccccc1C)C(C)C. The molecule has 15 heavy (non-hydrogen) atoms. The molecule has 1 rings (SSSR count). The first-order valence-corrected chi connectivity index (χ1v) is 5.20. The Balaban J connectivity index is 2.98. The number of hydrogen-bond donors (Lipinski definition) is 0. The van der Waals surface area contributed by atoms with Crippen molar-refractivity contribution < 1.29 is 9.53 Å². The van der Waals surface area contributed by atoms with Crippen molar-refractivity contribution in [1.82, 2.24) is 0 Å². The molecule has 2 nitrogen and oxygen atoms in total. The van der Waals surface area contributed by atoms with Crippen molar-refractivity contribution in [2.45, 2.75) is 26.9 Å². The molecule has 0 bridgehead atoms. The van der Waals surface area contributed by atoms with E-state index in [-0.39, 0.29) is 17.8 Å². The number of hydrogen-bond acceptors (Lipinski definition) is 2. The minimum Gasteiger partial charge on any atom is -0.373 e. The Bertz CT molecular complexity index is 342. The quantitative estimate of drug-likeness (QED) is 0.708. The highest BCUT2D eigenvalue weighted by molar-refractivity contribution is 6.00. The second-order valence-electron chi connectivity index (χ2n) is 4.08. The minimum atomic E-state index is -0.342. The summed E-state index contributed by atoms with van der Waals surface area (Å²) >= 11 is 0. The highest BCUT2D eigenvalue weighted by Gasteiger charge is 2.23. The standard InChI is InChI=1S/C13H18O2/c1-9(2)13(15-4)12(14)11-8-6-5-7-10(11)3/h5-9,13H,1-4H3. The summed E-state index contributed by atoms with van der Waals surface area (Å²) in [5, 5.41) is 0. The van der Waals surface area contributed by atoms with Crippen LogP contribution in [0.5, 0.6) is 0 Å². The third-order valence-corrected chi connectivity index (χ3v) is 2.53. The maximum atomic E-state index is 12.1. The van der Waals surface area contributed by atoms with Gasteiger partial charge in [-0.2, -0.15) is 0 Å². The molecule has 0 saturated carbocycles. The summed E-state index contributed by atoms with van der Waals surface area (Å²) in [6.45, 7) is 5.93. The first-order valence-electron chi connectivity index (χ1n) is 5.20. The van der Waals surface area contributed by atoms with Crippen LogP contribution in [-0.4, -0.2) is 19.0 Å². The second kappa shape index (κ2) is 5.08. The summed E-state index contributed by atoms with van der Waals surface area (Å²) in [7, 11) is 1.58. The predicted octanol–water partition coefficient (Wildman–Crippen LogP) is 2.85. The van der Waals surface area contributed by atoms with E-state index in [2.05, 4.69) is 0 Å². The van der Waals surface area contributed by atoms with Crippen LogP contribution in [0.3, 0.4) is 0 Å². The molecule has 1 aromatic carbocycles. The van der Waals surface area contributed by atoms with Crippen LogP contribution in [0.25, 0.3) is 0 Å². The van der Waals surface area contributed by atoms with Gasteiger partial charge >= 0.3 is 0 Å². The van der Waals surface area contributed by atoms with Crippen molar-refractivity contribution in [2.24, 2.45) is 5.92 Å². The second-order valence-corrected chi connectivity index (χ2v) is 4.08. The molecule has 0 aromatic heterocycles. The molecule has 0 saturated heterocycles. The van der Waals surface area contributed by atoms with Gasteiger partial charge in [0.25, 0.3) is 0 Å². The van der Waals surface area contributed by atoms with Crippen molar-refractivity contribution in [3.63, 3.8) is 0 Å². The van der Waals surface area contributed by atoms with Crippen LogP contribution >= 0.6 is 0 Å². The van der Waals surface area contributed by atoms with Crippen molar-refractivity contribution in [3.8, 4) is 0 Å². The Morgan fingerprint density at radius 3 is 2.33 bits per heavy atom. The Labute approximate surface area is 91.3 Å². The molecule has 0 N–H and O–H groups in total. The van der Waals surface area contributed by atoms with Gasteiger partial charge in [0.05, 0.1) is 0 Å². The molecule has 0 aliphatic rings. The number of rotatable bonds is 4. The summed E-state index contributed by atoms with van der Waals surface area (Å²) in [5.41, 5.74) is 1.77. The molecule has 1 unspecified atom stereocenters. The van der Waals surface area contributed by atoms with Crippen molar-refractivity contribution >= 4 is 5.78 Å². The zero-order chi connectivity index (χ0) is 11.4. The van der Waals surface area contributed by atoms with Crippen LogP contribution in [0.2, 0.25) is 0 Å². The van der Waals surface area contributed by atoms with Gasteiger partial charge in [0, 0.05) is 12.7 Å². The number of carbonyl (C=O) groups excluding carboxylic acids is 1. The van der Waals surface area contributed by atoms with E-state index in [4.69, 9.17) is 4.74 Å². The van der Waals surface area contributed by atoms with Crippen molar-refractivity contribution in [3.05, 3.63) is 35.4 Å². The summed E-state index contributed by atoms with van der Waals surface area (Å²) in [4.78, 5) is 12.1. The van der Waals surface area contributed by atoms with Gasteiger partial charge < -0.3 is 4.74 Å². The first kappa shape index (κ1) is 11.9. The largest absolute Gasteiger partial charge is 0.373 e. The lowest BCUT2D eigenvalue weighted by Crippen LogP contribution is -2.29. The van der Waals surface area contributed by atoms with E-state index in [0.717, 1.165) is 11.1 Å². The van der Waals surface area contributed by atoms with Crippen molar-refractivity contribution in [1.29, 1.82) is 0 Å². The molecule has 0 amide bonds. The highest BCUT2D eigenvalue weighted by Crippen LogP contribution is 2.16. The average Bonchev–Trinajstić information content (AvgIpc) is 2.18. The van der Waals surface area contributed by atoms with Crippen LogP contribution in [0.1, 0.15) is 29.8 Å². The van der Waals surface area contributed by atoms with Crippen LogP contribution < -0.4 is 0 Å². The molecular weight excluding hydrogens is 188 g/mol. The molecule has 0 radical (unpaired) electrons. The molecule has 2 heteroatoms. The maximum absolute atomic E-state index is 12.1. The third-order valence-electron chi connectivity index (χ3n) is 2.53. The van der Waals surface area contributed by atoms with Gasteiger partial charge in [-0.15, -0.1) is 0 Å². The van der Waals surface area contributed by atoms with Gasteiger partial charge in [0.2, 0.25) is 0 Å². The fourth-order valence-electron chi connectivity index (χ4n) is 1.68. The molecule has 0 heterocycles. The van der Waals surface area contributed by atoms with Gasteiger partial charge in [-0.1, -0.05) is 38.1 Å². The van der Waals surface area contributed by atoms with Crippen LogP contribution in [0, 0.1) is 12.8 Å². The Kier molecular flexibility index (Phi) is 4.04. The number of carbonyl (C=O) groups is 1. The summed E-state index contributed by atoms with van der Waals surface area (Å²) in [6, 6.07) is 7.61. The Hall–Kier alpha value is -1.15. The zero-order valence-electron chi connectivity index (χ0n) is 9.78. The smallest absolute Gasteiger partial charge is 0.192 e. The van der Waals surface area contributed by atoms with Gasteiger partial charge in [0.15, 0.2) is 5.78 Å². The number of ketones is 1. The van der Waals surface area contributed by atoms with Crippen LogP contribution in [-0.2, 0) is 4.74 Å². The fraction of sp³-hybridized carbons (Fsp3) is 0.462. The van der Waals surface area contributed by atoms with E-state index in [9.17, 15) is 4.79 Å². The van der Waals surface area contributed by atoms with Crippen LogP contribution in [0.15, 0.2) is 24.3 Å². The number of methoxy groups -OCH3 is 1. The van der Waals surface area contributed by atoms with E-state index in [1.807, 2.05) is 45.0 Å².